The van der Waals surface area contributed by atoms with E-state index in [1.807, 2.05) is 27.7 Å². The Morgan fingerprint density at radius 2 is 2.00 bits per heavy atom. The quantitative estimate of drug-likeness (QED) is 0.743. The highest BCUT2D eigenvalue weighted by molar-refractivity contribution is 7.13. The molecule has 1 heterocycles. The van der Waals surface area contributed by atoms with Crippen LogP contribution in [0.3, 0.4) is 0 Å². The summed E-state index contributed by atoms with van der Waals surface area (Å²) in [7, 11) is 0. The van der Waals surface area contributed by atoms with Crippen molar-refractivity contribution in [3.8, 4) is 0 Å². The largest absolute Gasteiger partial charge is 0.345 e. The number of nitrogens with one attached hydrogen (secondary N) is 1. The Bertz CT molecular complexity index is 313. The van der Waals surface area contributed by atoms with Gasteiger partial charge in [-0.15, -0.1) is 10.2 Å². The van der Waals surface area contributed by atoms with Gasteiger partial charge in [-0.25, -0.2) is 0 Å². The molecule has 0 unspecified atom stereocenters. The number of hydrogen-bond donors (Lipinski definition) is 1. The lowest BCUT2D eigenvalue weighted by Crippen LogP contribution is -2.40. The van der Waals surface area contributed by atoms with Crippen molar-refractivity contribution < 1.29 is 4.79 Å². The molecule has 0 aliphatic heterocycles. The van der Waals surface area contributed by atoms with E-state index >= 15 is 0 Å². The lowest BCUT2D eigenvalue weighted by molar-refractivity contribution is 0.0918. The van der Waals surface area contributed by atoms with Gasteiger partial charge in [-0.2, -0.15) is 0 Å². The second-order valence-electron chi connectivity index (χ2n) is 3.83. The van der Waals surface area contributed by atoms with Crippen molar-refractivity contribution in [1.82, 2.24) is 15.5 Å². The standard InChI is InChI=1S/C8H13N3OS/c1-5-10-11-7(13-5)6(12)9-8(2,3)4/h1-4H3,(H,9,12). The first kappa shape index (κ1) is 10.1. The highest BCUT2D eigenvalue weighted by Gasteiger charge is 2.17. The van der Waals surface area contributed by atoms with Crippen molar-refractivity contribution in [1.29, 1.82) is 0 Å². The maximum Gasteiger partial charge on any atom is 0.282 e. The SMILES string of the molecule is Cc1nnc(C(=O)NC(C)(C)C)s1. The molecular formula is C8H13N3OS. The molecule has 0 spiro atoms. The van der Waals surface area contributed by atoms with E-state index in [1.165, 1.54) is 11.3 Å². The van der Waals surface area contributed by atoms with Gasteiger partial charge >= 0.3 is 0 Å². The van der Waals surface area contributed by atoms with Gasteiger partial charge in [0.05, 0.1) is 0 Å². The highest BCUT2D eigenvalue weighted by Crippen LogP contribution is 2.09. The summed E-state index contributed by atoms with van der Waals surface area (Å²) < 4.78 is 0. The van der Waals surface area contributed by atoms with E-state index < -0.39 is 0 Å². The van der Waals surface area contributed by atoms with Gasteiger partial charge in [0.15, 0.2) is 0 Å². The second kappa shape index (κ2) is 3.41. The number of hydrogen-bond acceptors (Lipinski definition) is 4. The predicted octanol–water partition coefficient (Wildman–Crippen LogP) is 1.37. The number of nitrogens with zero attached hydrogens (tertiary/aromatic N) is 2. The molecule has 0 atom stereocenters. The number of carbonyl (C=O) groups excluding carboxylic acids is 1. The molecule has 0 aromatic carbocycles. The first-order valence-corrected chi connectivity index (χ1v) is 4.83. The summed E-state index contributed by atoms with van der Waals surface area (Å²) in [4.78, 5) is 11.5. The fourth-order valence-electron chi connectivity index (χ4n) is 0.782. The zero-order valence-corrected chi connectivity index (χ0v) is 9.03. The fourth-order valence-corrected chi connectivity index (χ4v) is 1.37. The van der Waals surface area contributed by atoms with Crippen LogP contribution in [0.25, 0.3) is 0 Å². The summed E-state index contributed by atoms with van der Waals surface area (Å²) in [5, 5.41) is 11.6. The molecule has 4 nitrogen and oxygen atoms in total. The second-order valence-corrected chi connectivity index (χ2v) is 5.01. The molecule has 0 saturated carbocycles. The van der Waals surface area contributed by atoms with Crippen LogP contribution in [0.4, 0.5) is 0 Å². The van der Waals surface area contributed by atoms with Crippen LogP contribution in [0.1, 0.15) is 35.6 Å². The molecule has 1 N–H and O–H groups in total. The van der Waals surface area contributed by atoms with Crippen LogP contribution >= 0.6 is 11.3 Å². The number of aromatic nitrogens is 2. The minimum atomic E-state index is -0.226. The number of carbonyl (C=O) groups is 1. The monoisotopic (exact) mass is 199 g/mol. The predicted molar refractivity (Wildman–Crippen MR) is 51.9 cm³/mol. The summed E-state index contributed by atoms with van der Waals surface area (Å²) in [5.41, 5.74) is -0.226. The summed E-state index contributed by atoms with van der Waals surface area (Å²) in [6.45, 7) is 7.61. The molecular weight excluding hydrogens is 186 g/mol. The molecule has 1 rings (SSSR count). The Kier molecular flexibility index (Phi) is 2.66. The topological polar surface area (TPSA) is 54.9 Å². The van der Waals surface area contributed by atoms with Crippen LogP contribution < -0.4 is 5.32 Å². The Balaban J connectivity index is 2.70. The van der Waals surface area contributed by atoms with Gasteiger partial charge in [-0.3, -0.25) is 4.79 Å². The van der Waals surface area contributed by atoms with E-state index in [4.69, 9.17) is 0 Å². The van der Waals surface area contributed by atoms with E-state index in [9.17, 15) is 4.79 Å². The number of rotatable bonds is 1. The zero-order chi connectivity index (χ0) is 10.1. The average Bonchev–Trinajstić information content (AvgIpc) is 2.31. The van der Waals surface area contributed by atoms with E-state index in [-0.39, 0.29) is 11.4 Å². The Labute approximate surface area is 81.4 Å². The molecule has 1 aromatic rings. The molecule has 1 aromatic heterocycles. The van der Waals surface area contributed by atoms with E-state index in [0.29, 0.717) is 5.01 Å². The van der Waals surface area contributed by atoms with Crippen LogP contribution in [0, 0.1) is 6.92 Å². The third-order valence-electron chi connectivity index (χ3n) is 1.21. The van der Waals surface area contributed by atoms with Crippen molar-refractivity contribution in [2.75, 3.05) is 0 Å². The van der Waals surface area contributed by atoms with Crippen LogP contribution in [0.15, 0.2) is 0 Å². The molecule has 72 valence electrons. The molecule has 0 aliphatic carbocycles. The first-order chi connectivity index (χ1) is 5.88. The molecule has 0 saturated heterocycles. The highest BCUT2D eigenvalue weighted by atomic mass is 32.1. The van der Waals surface area contributed by atoms with Gasteiger partial charge in [-0.1, -0.05) is 11.3 Å². The van der Waals surface area contributed by atoms with Gasteiger partial charge in [0.2, 0.25) is 5.01 Å². The van der Waals surface area contributed by atoms with Crippen molar-refractivity contribution in [2.24, 2.45) is 0 Å². The van der Waals surface area contributed by atoms with Crippen LogP contribution in [-0.2, 0) is 0 Å². The lowest BCUT2D eigenvalue weighted by Gasteiger charge is -2.19. The van der Waals surface area contributed by atoms with Crippen molar-refractivity contribution in [3.63, 3.8) is 0 Å². The van der Waals surface area contributed by atoms with Crippen molar-refractivity contribution in [3.05, 3.63) is 10.0 Å². The maximum absolute atomic E-state index is 11.5. The lowest BCUT2D eigenvalue weighted by atomic mass is 10.1. The molecule has 5 heteroatoms. The molecule has 0 bridgehead atoms. The van der Waals surface area contributed by atoms with E-state index in [0.717, 1.165) is 5.01 Å². The van der Waals surface area contributed by atoms with E-state index in [1.54, 1.807) is 0 Å². The van der Waals surface area contributed by atoms with Crippen molar-refractivity contribution in [2.45, 2.75) is 33.2 Å². The Morgan fingerprint density at radius 1 is 1.38 bits per heavy atom. The van der Waals surface area contributed by atoms with Crippen LogP contribution in [0.5, 0.6) is 0 Å². The zero-order valence-electron chi connectivity index (χ0n) is 8.21. The normalized spacial score (nSPS) is 11.4. The van der Waals surface area contributed by atoms with Gasteiger partial charge in [0.1, 0.15) is 5.01 Å². The summed E-state index contributed by atoms with van der Waals surface area (Å²) >= 11 is 1.30. The third-order valence-corrected chi connectivity index (χ3v) is 2.05. The number of aryl methyl sites for hydroxylation is 1. The molecule has 1 amide bonds. The Morgan fingerprint density at radius 3 is 2.38 bits per heavy atom. The van der Waals surface area contributed by atoms with Crippen LogP contribution in [-0.4, -0.2) is 21.6 Å². The maximum atomic E-state index is 11.5. The minimum Gasteiger partial charge on any atom is -0.345 e. The van der Waals surface area contributed by atoms with Crippen molar-refractivity contribution >= 4 is 17.2 Å². The van der Waals surface area contributed by atoms with Gasteiger partial charge in [0.25, 0.3) is 5.91 Å². The third kappa shape index (κ3) is 3.10. The molecule has 13 heavy (non-hydrogen) atoms. The van der Waals surface area contributed by atoms with E-state index in [2.05, 4.69) is 15.5 Å². The molecule has 0 fully saturated rings. The minimum absolute atomic E-state index is 0.155. The van der Waals surface area contributed by atoms with Crippen LogP contribution in [0.2, 0.25) is 0 Å². The van der Waals surface area contributed by atoms with Gasteiger partial charge in [-0.05, 0) is 27.7 Å². The summed E-state index contributed by atoms with van der Waals surface area (Å²) in [6.07, 6.45) is 0. The van der Waals surface area contributed by atoms with Gasteiger partial charge in [0, 0.05) is 5.54 Å². The molecule has 0 radical (unpaired) electrons. The van der Waals surface area contributed by atoms with Gasteiger partial charge < -0.3 is 5.32 Å². The average molecular weight is 199 g/mol. The molecule has 0 aliphatic rings. The number of amides is 1. The summed E-state index contributed by atoms with van der Waals surface area (Å²) in [6, 6.07) is 0. The smallest absolute Gasteiger partial charge is 0.282 e. The Hall–Kier alpha value is -0.970. The first-order valence-electron chi connectivity index (χ1n) is 4.01. The fraction of sp³-hybridized carbons (Fsp3) is 0.625. The summed E-state index contributed by atoms with van der Waals surface area (Å²) in [5.74, 6) is -0.155.